The van der Waals surface area contributed by atoms with Gasteiger partial charge in [0.1, 0.15) is 0 Å². The monoisotopic (exact) mass is 149 g/mol. The zero-order chi connectivity index (χ0) is 7.94. The van der Waals surface area contributed by atoms with Gasteiger partial charge < -0.3 is 0 Å². The number of aryl methyl sites for hydroxylation is 1. The SMILES string of the molecule is C[N]CCCc1ccccn1. The second kappa shape index (κ2) is 4.85. The van der Waals surface area contributed by atoms with Crippen molar-refractivity contribution in [3.63, 3.8) is 0 Å². The molecule has 0 spiro atoms. The van der Waals surface area contributed by atoms with Crippen molar-refractivity contribution in [2.75, 3.05) is 13.6 Å². The van der Waals surface area contributed by atoms with Crippen molar-refractivity contribution < 1.29 is 0 Å². The second-order valence-corrected chi connectivity index (χ2v) is 2.46. The molecule has 0 unspecified atom stereocenters. The van der Waals surface area contributed by atoms with Gasteiger partial charge in [0, 0.05) is 25.5 Å². The Hall–Kier alpha value is -0.890. The predicted octanol–water partition coefficient (Wildman–Crippen LogP) is 1.25. The van der Waals surface area contributed by atoms with Crippen LogP contribution in [-0.4, -0.2) is 18.6 Å². The molecule has 0 aliphatic rings. The van der Waals surface area contributed by atoms with E-state index in [1.165, 1.54) is 0 Å². The summed E-state index contributed by atoms with van der Waals surface area (Å²) in [7, 11) is 1.85. The van der Waals surface area contributed by atoms with Gasteiger partial charge in [0.2, 0.25) is 0 Å². The maximum Gasteiger partial charge on any atom is 0.0404 e. The molecule has 0 fully saturated rings. The first-order valence-electron chi connectivity index (χ1n) is 3.89. The quantitative estimate of drug-likeness (QED) is 0.592. The van der Waals surface area contributed by atoms with E-state index in [0.29, 0.717) is 0 Å². The molecular formula is C9H13N2. The minimum absolute atomic E-state index is 0.941. The van der Waals surface area contributed by atoms with Gasteiger partial charge in [-0.1, -0.05) is 6.07 Å². The summed E-state index contributed by atoms with van der Waals surface area (Å²) in [6, 6.07) is 6.01. The smallest absolute Gasteiger partial charge is 0.0404 e. The van der Waals surface area contributed by atoms with Crippen molar-refractivity contribution >= 4 is 0 Å². The Balaban J connectivity index is 2.28. The molecule has 0 saturated heterocycles. The lowest BCUT2D eigenvalue weighted by atomic mass is 10.2. The number of hydrogen-bond donors (Lipinski definition) is 0. The van der Waals surface area contributed by atoms with Crippen LogP contribution in [0, 0.1) is 0 Å². The van der Waals surface area contributed by atoms with E-state index in [1.807, 2.05) is 25.4 Å². The van der Waals surface area contributed by atoms with E-state index in [2.05, 4.69) is 16.4 Å². The molecule has 1 aromatic rings. The average Bonchev–Trinajstić information content (AvgIpc) is 2.07. The van der Waals surface area contributed by atoms with Crippen molar-refractivity contribution in [1.82, 2.24) is 10.3 Å². The van der Waals surface area contributed by atoms with E-state index >= 15 is 0 Å². The first-order valence-corrected chi connectivity index (χ1v) is 3.89. The van der Waals surface area contributed by atoms with E-state index in [-0.39, 0.29) is 0 Å². The molecule has 0 atom stereocenters. The second-order valence-electron chi connectivity index (χ2n) is 2.46. The van der Waals surface area contributed by atoms with Crippen LogP contribution in [-0.2, 0) is 6.42 Å². The fourth-order valence-electron chi connectivity index (χ4n) is 0.964. The number of aromatic nitrogens is 1. The Morgan fingerprint density at radius 1 is 1.45 bits per heavy atom. The molecule has 0 saturated carbocycles. The minimum atomic E-state index is 0.941. The minimum Gasteiger partial charge on any atom is -0.261 e. The fraction of sp³-hybridized carbons (Fsp3) is 0.444. The molecule has 1 aromatic heterocycles. The van der Waals surface area contributed by atoms with Crippen molar-refractivity contribution in [3.05, 3.63) is 30.1 Å². The topological polar surface area (TPSA) is 27.0 Å². The summed E-state index contributed by atoms with van der Waals surface area (Å²) in [5, 5.41) is 4.02. The van der Waals surface area contributed by atoms with E-state index < -0.39 is 0 Å². The predicted molar refractivity (Wildman–Crippen MR) is 45.5 cm³/mol. The highest BCUT2D eigenvalue weighted by Gasteiger charge is 1.90. The van der Waals surface area contributed by atoms with Gasteiger partial charge in [-0.15, -0.1) is 0 Å². The Bertz CT molecular complexity index is 184. The summed E-state index contributed by atoms with van der Waals surface area (Å²) in [6.07, 6.45) is 3.98. The van der Waals surface area contributed by atoms with Gasteiger partial charge in [0.25, 0.3) is 0 Å². The highest BCUT2D eigenvalue weighted by Crippen LogP contribution is 1.96. The van der Waals surface area contributed by atoms with Crippen LogP contribution in [0.3, 0.4) is 0 Å². The normalized spacial score (nSPS) is 9.91. The van der Waals surface area contributed by atoms with Crippen LogP contribution < -0.4 is 5.32 Å². The molecule has 0 bridgehead atoms. The molecular weight excluding hydrogens is 136 g/mol. The van der Waals surface area contributed by atoms with Crippen LogP contribution in [0.15, 0.2) is 24.4 Å². The van der Waals surface area contributed by atoms with Crippen LogP contribution in [0.5, 0.6) is 0 Å². The van der Waals surface area contributed by atoms with Crippen LogP contribution in [0.25, 0.3) is 0 Å². The molecule has 0 aliphatic heterocycles. The first-order chi connectivity index (χ1) is 5.43. The van der Waals surface area contributed by atoms with Gasteiger partial charge in [-0.3, -0.25) is 4.98 Å². The molecule has 2 nitrogen and oxygen atoms in total. The maximum atomic E-state index is 4.21. The molecule has 1 rings (SSSR count). The molecule has 1 radical (unpaired) electrons. The molecule has 0 aliphatic carbocycles. The zero-order valence-electron chi connectivity index (χ0n) is 6.83. The van der Waals surface area contributed by atoms with Gasteiger partial charge in [-0.05, 0) is 25.0 Å². The van der Waals surface area contributed by atoms with Crippen molar-refractivity contribution in [2.24, 2.45) is 0 Å². The third-order valence-electron chi connectivity index (χ3n) is 1.54. The molecule has 2 heteroatoms. The van der Waals surface area contributed by atoms with Crippen molar-refractivity contribution in [3.8, 4) is 0 Å². The molecule has 1 heterocycles. The lowest BCUT2D eigenvalue weighted by Gasteiger charge is -1.97. The van der Waals surface area contributed by atoms with E-state index in [4.69, 9.17) is 0 Å². The maximum absolute atomic E-state index is 4.21. The third-order valence-corrected chi connectivity index (χ3v) is 1.54. The Morgan fingerprint density at radius 3 is 3.00 bits per heavy atom. The summed E-state index contributed by atoms with van der Waals surface area (Å²) in [5.41, 5.74) is 1.16. The lowest BCUT2D eigenvalue weighted by molar-refractivity contribution is 0.705. The number of nitrogens with zero attached hydrogens (tertiary/aromatic N) is 2. The average molecular weight is 149 g/mol. The highest BCUT2D eigenvalue weighted by atomic mass is 14.8. The van der Waals surface area contributed by atoms with Gasteiger partial charge in [0.05, 0.1) is 0 Å². The van der Waals surface area contributed by atoms with E-state index in [9.17, 15) is 0 Å². The van der Waals surface area contributed by atoms with Gasteiger partial charge >= 0.3 is 0 Å². The summed E-state index contributed by atoms with van der Waals surface area (Å²) in [5.74, 6) is 0. The van der Waals surface area contributed by atoms with Crippen LogP contribution in [0.4, 0.5) is 0 Å². The first kappa shape index (κ1) is 8.21. The molecule has 59 valence electrons. The number of hydrogen-bond acceptors (Lipinski definition) is 1. The summed E-state index contributed by atoms with van der Waals surface area (Å²) >= 11 is 0. The number of rotatable bonds is 4. The Morgan fingerprint density at radius 2 is 2.36 bits per heavy atom. The standard InChI is InChI=1S/C9H13N2/c1-10-7-4-6-9-5-2-3-8-11-9/h2-3,5,8H,4,6-7H2,1H3. The fourth-order valence-corrected chi connectivity index (χ4v) is 0.964. The van der Waals surface area contributed by atoms with Crippen molar-refractivity contribution in [2.45, 2.75) is 12.8 Å². The molecule has 11 heavy (non-hydrogen) atoms. The molecule has 0 N–H and O–H groups in total. The number of pyridine rings is 1. The van der Waals surface area contributed by atoms with Gasteiger partial charge in [0.15, 0.2) is 0 Å². The molecule has 0 aromatic carbocycles. The van der Waals surface area contributed by atoms with E-state index in [0.717, 1.165) is 25.1 Å². The summed E-state index contributed by atoms with van der Waals surface area (Å²) in [6.45, 7) is 0.941. The summed E-state index contributed by atoms with van der Waals surface area (Å²) < 4.78 is 0. The highest BCUT2D eigenvalue weighted by molar-refractivity contribution is 5.03. The van der Waals surface area contributed by atoms with Crippen LogP contribution >= 0.6 is 0 Å². The Kier molecular flexibility index (Phi) is 3.62. The van der Waals surface area contributed by atoms with Crippen LogP contribution in [0.2, 0.25) is 0 Å². The zero-order valence-corrected chi connectivity index (χ0v) is 6.83. The Labute approximate surface area is 67.7 Å². The largest absolute Gasteiger partial charge is 0.261 e. The molecule has 0 amide bonds. The van der Waals surface area contributed by atoms with Gasteiger partial charge in [-0.25, -0.2) is 5.32 Å². The summed E-state index contributed by atoms with van der Waals surface area (Å²) in [4.78, 5) is 4.21. The third kappa shape index (κ3) is 3.14. The lowest BCUT2D eigenvalue weighted by Crippen LogP contribution is -2.01. The van der Waals surface area contributed by atoms with Crippen molar-refractivity contribution in [1.29, 1.82) is 0 Å². The van der Waals surface area contributed by atoms with Gasteiger partial charge in [-0.2, -0.15) is 0 Å². The van der Waals surface area contributed by atoms with E-state index in [1.54, 1.807) is 0 Å². The van der Waals surface area contributed by atoms with Crippen LogP contribution in [0.1, 0.15) is 12.1 Å².